The van der Waals surface area contributed by atoms with Crippen LogP contribution in [0.4, 0.5) is 23.0 Å². The van der Waals surface area contributed by atoms with Crippen LogP contribution >= 0.6 is 11.6 Å². The van der Waals surface area contributed by atoms with E-state index in [-0.39, 0.29) is 5.56 Å². The van der Waals surface area contributed by atoms with E-state index < -0.39 is 5.91 Å². The molecular weight excluding hydrogens is 506 g/mol. The van der Waals surface area contributed by atoms with Gasteiger partial charge in [0.15, 0.2) is 5.75 Å². The summed E-state index contributed by atoms with van der Waals surface area (Å²) in [6.07, 6.45) is 4.46. The van der Waals surface area contributed by atoms with Gasteiger partial charge in [0.1, 0.15) is 17.5 Å². The third-order valence-corrected chi connectivity index (χ3v) is 5.39. The molecule has 2 heterocycles. The number of methoxy groups -OCH3 is 1. The average molecular weight is 536 g/mol. The number of allylic oxidation sites excluding steroid dienone is 2. The van der Waals surface area contributed by atoms with Gasteiger partial charge in [-0.3, -0.25) is 14.6 Å². The maximum Gasteiger partial charge on any atom is 0.278 e. The van der Waals surface area contributed by atoms with E-state index in [1.165, 1.54) is 18.5 Å². The molecule has 0 radical (unpaired) electrons. The van der Waals surface area contributed by atoms with Gasteiger partial charge in [0, 0.05) is 41.5 Å². The first kappa shape index (κ1) is 28.3. The number of benzene rings is 1. The maximum absolute atomic E-state index is 12.8. The Labute approximate surface area is 226 Å². The molecule has 1 amide bonds. The summed E-state index contributed by atoms with van der Waals surface area (Å²) in [6.45, 7) is 11.2. The molecule has 0 bridgehead atoms. The van der Waals surface area contributed by atoms with Crippen molar-refractivity contribution in [3.8, 4) is 5.75 Å². The highest BCUT2D eigenvalue weighted by molar-refractivity contribution is 6.31. The number of hydrogen-bond donors (Lipinski definition) is 3. The summed E-state index contributed by atoms with van der Waals surface area (Å²) >= 11 is 6.01. The monoisotopic (exact) mass is 535 g/mol. The topological polar surface area (TPSA) is 123 Å². The summed E-state index contributed by atoms with van der Waals surface area (Å²) in [4.78, 5) is 35.5. The van der Waals surface area contributed by atoms with E-state index in [2.05, 4.69) is 42.6 Å². The smallest absolute Gasteiger partial charge is 0.278 e. The second kappa shape index (κ2) is 13.3. The summed E-state index contributed by atoms with van der Waals surface area (Å²) in [7, 11) is 1.56. The third kappa shape index (κ3) is 7.37. The lowest BCUT2D eigenvalue weighted by Gasteiger charge is -2.18. The molecule has 0 fully saturated rings. The normalized spacial score (nSPS) is 11.6. The number of nitrogens with one attached hydrogen (secondary N) is 3. The Morgan fingerprint density at radius 1 is 1.13 bits per heavy atom. The fraction of sp³-hybridized carbons (Fsp3) is 0.222. The summed E-state index contributed by atoms with van der Waals surface area (Å²) in [5, 5.41) is 6.88. The number of halogens is 1. The highest BCUT2D eigenvalue weighted by atomic mass is 35.5. The van der Waals surface area contributed by atoms with Crippen LogP contribution in [0.15, 0.2) is 65.4 Å². The minimum Gasteiger partial charge on any atom is -0.494 e. The van der Waals surface area contributed by atoms with Gasteiger partial charge in [-0.2, -0.15) is 0 Å². The van der Waals surface area contributed by atoms with Gasteiger partial charge < -0.3 is 15.4 Å². The van der Waals surface area contributed by atoms with E-state index in [0.29, 0.717) is 51.9 Å². The van der Waals surface area contributed by atoms with Crippen LogP contribution in [0.5, 0.6) is 5.75 Å². The first-order valence-corrected chi connectivity index (χ1v) is 12.1. The number of aliphatic imine (C=N–C) groups is 1. The number of rotatable bonds is 11. The molecule has 2 aromatic heterocycles. The first-order valence-electron chi connectivity index (χ1n) is 11.7. The maximum atomic E-state index is 12.8. The summed E-state index contributed by atoms with van der Waals surface area (Å²) < 4.78 is 5.73. The zero-order valence-electron chi connectivity index (χ0n) is 21.9. The number of para-hydroxylation sites is 1. The van der Waals surface area contributed by atoms with Crippen molar-refractivity contribution in [2.45, 2.75) is 27.7 Å². The third-order valence-electron chi connectivity index (χ3n) is 5.13. The molecule has 0 saturated carbocycles. The second-order valence-electron chi connectivity index (χ2n) is 7.99. The second-order valence-corrected chi connectivity index (χ2v) is 8.43. The number of amides is 1. The number of ether oxygens (including phenoxy) is 1. The van der Waals surface area contributed by atoms with Gasteiger partial charge in [-0.25, -0.2) is 20.4 Å². The zero-order chi connectivity index (χ0) is 27.7. The Kier molecular flexibility index (Phi) is 9.92. The van der Waals surface area contributed by atoms with E-state index in [1.807, 2.05) is 39.0 Å². The number of pyridine rings is 1. The number of carbonyl (C=O) groups excluding carboxylic acids is 1. The van der Waals surface area contributed by atoms with Crippen LogP contribution in [0, 0.1) is 13.8 Å². The van der Waals surface area contributed by atoms with Crippen molar-refractivity contribution in [2.24, 2.45) is 4.99 Å². The van der Waals surface area contributed by atoms with Crippen molar-refractivity contribution in [1.82, 2.24) is 20.4 Å². The Balaban J connectivity index is 2.04. The minimum atomic E-state index is -0.459. The van der Waals surface area contributed by atoms with Crippen molar-refractivity contribution < 1.29 is 14.4 Å². The lowest BCUT2D eigenvalue weighted by Crippen LogP contribution is -2.24. The molecule has 0 atom stereocenters. The fourth-order valence-electron chi connectivity index (χ4n) is 3.48. The van der Waals surface area contributed by atoms with Gasteiger partial charge in [-0.15, -0.1) is 0 Å². The number of carbonyl (C=O) groups is 1. The predicted molar refractivity (Wildman–Crippen MR) is 151 cm³/mol. The lowest BCUT2D eigenvalue weighted by molar-refractivity contribution is 0.0365. The molecule has 0 aliphatic carbocycles. The van der Waals surface area contributed by atoms with E-state index in [9.17, 15) is 4.79 Å². The van der Waals surface area contributed by atoms with Crippen LogP contribution in [0.3, 0.4) is 0 Å². The Morgan fingerprint density at radius 3 is 2.61 bits per heavy atom. The SMILES string of the molecule is C=C/C(Cl)=C\N=C(C)c1cccc(Nc2cc(Nc3cc(C)nc(C)n3)ncc2C(=O)NOCC)c1OC. The Morgan fingerprint density at radius 2 is 1.92 bits per heavy atom. The number of hydrogen-bond acceptors (Lipinski definition) is 9. The molecule has 1 aromatic carbocycles. The number of aromatic nitrogens is 3. The van der Waals surface area contributed by atoms with Crippen LogP contribution in [0.25, 0.3) is 0 Å². The molecule has 3 rings (SSSR count). The van der Waals surface area contributed by atoms with Crippen molar-refractivity contribution in [1.29, 1.82) is 0 Å². The molecule has 198 valence electrons. The molecule has 11 heteroatoms. The Bertz CT molecular complexity index is 1370. The van der Waals surface area contributed by atoms with Crippen LogP contribution < -0.4 is 20.9 Å². The van der Waals surface area contributed by atoms with E-state index >= 15 is 0 Å². The van der Waals surface area contributed by atoms with Crippen molar-refractivity contribution in [2.75, 3.05) is 24.4 Å². The molecule has 0 aliphatic rings. The van der Waals surface area contributed by atoms with Crippen LogP contribution in [-0.2, 0) is 4.84 Å². The number of anilines is 4. The first-order chi connectivity index (χ1) is 18.2. The average Bonchev–Trinajstić information content (AvgIpc) is 2.89. The summed E-state index contributed by atoms with van der Waals surface area (Å²) in [5.41, 5.74) is 5.96. The van der Waals surface area contributed by atoms with Crippen LogP contribution in [0.2, 0.25) is 0 Å². The summed E-state index contributed by atoms with van der Waals surface area (Å²) in [6, 6.07) is 9.06. The minimum absolute atomic E-state index is 0.262. The fourth-order valence-corrected chi connectivity index (χ4v) is 3.53. The van der Waals surface area contributed by atoms with Crippen molar-refractivity contribution in [3.63, 3.8) is 0 Å². The number of aryl methyl sites for hydroxylation is 2. The molecule has 0 spiro atoms. The molecule has 10 nitrogen and oxygen atoms in total. The highest BCUT2D eigenvalue weighted by Gasteiger charge is 2.18. The number of hydroxylamine groups is 1. The largest absolute Gasteiger partial charge is 0.494 e. The molecule has 0 unspecified atom stereocenters. The van der Waals surface area contributed by atoms with Gasteiger partial charge in [0.25, 0.3) is 5.91 Å². The van der Waals surface area contributed by atoms with Crippen molar-refractivity contribution >= 4 is 46.2 Å². The zero-order valence-corrected chi connectivity index (χ0v) is 22.7. The van der Waals surface area contributed by atoms with Crippen molar-refractivity contribution in [3.05, 3.63) is 83.1 Å². The van der Waals surface area contributed by atoms with Crippen LogP contribution in [0.1, 0.15) is 41.3 Å². The molecule has 38 heavy (non-hydrogen) atoms. The van der Waals surface area contributed by atoms with E-state index in [0.717, 1.165) is 11.3 Å². The van der Waals surface area contributed by atoms with Gasteiger partial charge in [-0.05, 0) is 45.9 Å². The standard InChI is InChI=1S/C27H30ClN7O3/c1-7-19(28)14-29-17(4)20-10-9-11-22(26(20)37-6)33-23-13-24(30-15-21(23)27(36)35-38-8-2)34-25-12-16(3)31-18(5)32-25/h7,9-15H,1,8H2,2-6H3,(H,35,36)(H2,30,31,32,33,34)/b19-14+,29-17?. The van der Waals surface area contributed by atoms with Gasteiger partial charge in [-0.1, -0.05) is 24.2 Å². The van der Waals surface area contributed by atoms with Gasteiger partial charge in [0.2, 0.25) is 0 Å². The molecule has 3 aromatic rings. The van der Waals surface area contributed by atoms with Gasteiger partial charge >= 0.3 is 0 Å². The van der Waals surface area contributed by atoms with Crippen LogP contribution in [-0.4, -0.2) is 40.3 Å². The lowest BCUT2D eigenvalue weighted by atomic mass is 10.1. The number of nitrogens with zero attached hydrogens (tertiary/aromatic N) is 4. The van der Waals surface area contributed by atoms with Gasteiger partial charge in [0.05, 0.1) is 35.7 Å². The quantitative estimate of drug-likeness (QED) is 0.161. The molecule has 0 aliphatic heterocycles. The Hall–Kier alpha value is -4.28. The van der Waals surface area contributed by atoms with E-state index in [4.69, 9.17) is 21.2 Å². The summed E-state index contributed by atoms with van der Waals surface area (Å²) in [5.74, 6) is 1.75. The molecule has 3 N–H and O–H groups in total. The van der Waals surface area contributed by atoms with E-state index in [1.54, 1.807) is 26.2 Å². The molecule has 0 saturated heterocycles. The molecular formula is C27H30ClN7O3. The predicted octanol–water partition coefficient (Wildman–Crippen LogP) is 5.74. The highest BCUT2D eigenvalue weighted by Crippen LogP contribution is 2.34.